The van der Waals surface area contributed by atoms with Gasteiger partial charge in [-0.25, -0.2) is 0 Å². The van der Waals surface area contributed by atoms with Crippen molar-refractivity contribution >= 4 is 0 Å². The fraction of sp³-hybridized carbons (Fsp3) is 1.00. The molecular formula is C10H22N2O2. The van der Waals surface area contributed by atoms with Gasteiger partial charge in [0.05, 0.1) is 12.7 Å². The Morgan fingerprint density at radius 3 is 2.86 bits per heavy atom. The van der Waals surface area contributed by atoms with Crippen LogP contribution in [0, 0.1) is 0 Å². The molecule has 1 saturated carbocycles. The Bertz CT molecular complexity index is 151. The number of aliphatic hydroxyl groups excluding tert-OH is 1. The lowest BCUT2D eigenvalue weighted by Crippen LogP contribution is -2.38. The zero-order valence-corrected chi connectivity index (χ0v) is 9.20. The fourth-order valence-electron chi connectivity index (χ4n) is 1.50. The molecule has 0 heterocycles. The van der Waals surface area contributed by atoms with Crippen molar-refractivity contribution in [2.75, 3.05) is 40.4 Å². The van der Waals surface area contributed by atoms with Gasteiger partial charge in [-0.3, -0.25) is 0 Å². The van der Waals surface area contributed by atoms with Gasteiger partial charge in [0.25, 0.3) is 0 Å². The van der Waals surface area contributed by atoms with Crippen LogP contribution in [-0.2, 0) is 4.74 Å². The van der Waals surface area contributed by atoms with Crippen molar-refractivity contribution in [3.05, 3.63) is 0 Å². The third kappa shape index (κ3) is 4.91. The van der Waals surface area contributed by atoms with Crippen LogP contribution in [0.4, 0.5) is 0 Å². The van der Waals surface area contributed by atoms with Gasteiger partial charge in [0.2, 0.25) is 0 Å². The largest absolute Gasteiger partial charge is 0.390 e. The Kier molecular flexibility index (Phi) is 5.40. The van der Waals surface area contributed by atoms with Crippen molar-refractivity contribution in [3.8, 4) is 0 Å². The first-order valence-electron chi connectivity index (χ1n) is 5.32. The molecule has 1 atom stereocenters. The van der Waals surface area contributed by atoms with Gasteiger partial charge < -0.3 is 20.1 Å². The standard InChI is InChI=1S/C10H22N2O2/c1-12(9-3-4-9)8-10(13)7-11-5-6-14-2/h9-11,13H,3-8H2,1-2H3. The minimum Gasteiger partial charge on any atom is -0.390 e. The third-order valence-corrected chi connectivity index (χ3v) is 2.53. The van der Waals surface area contributed by atoms with Gasteiger partial charge in [0.15, 0.2) is 0 Å². The highest BCUT2D eigenvalue weighted by atomic mass is 16.5. The maximum absolute atomic E-state index is 9.65. The summed E-state index contributed by atoms with van der Waals surface area (Å²) >= 11 is 0. The van der Waals surface area contributed by atoms with E-state index in [9.17, 15) is 5.11 Å². The Hall–Kier alpha value is -0.160. The summed E-state index contributed by atoms with van der Waals surface area (Å²) in [5, 5.41) is 12.8. The van der Waals surface area contributed by atoms with Crippen molar-refractivity contribution in [3.63, 3.8) is 0 Å². The lowest BCUT2D eigenvalue weighted by molar-refractivity contribution is 0.117. The summed E-state index contributed by atoms with van der Waals surface area (Å²) in [5.74, 6) is 0. The molecule has 0 aromatic carbocycles. The maximum Gasteiger partial charge on any atom is 0.0791 e. The quantitative estimate of drug-likeness (QED) is 0.529. The summed E-state index contributed by atoms with van der Waals surface area (Å²) in [6.07, 6.45) is 2.32. The van der Waals surface area contributed by atoms with Gasteiger partial charge in [-0.15, -0.1) is 0 Å². The van der Waals surface area contributed by atoms with Crippen molar-refractivity contribution in [2.24, 2.45) is 0 Å². The molecule has 1 fully saturated rings. The zero-order chi connectivity index (χ0) is 10.4. The summed E-state index contributed by atoms with van der Waals surface area (Å²) in [6.45, 7) is 2.93. The van der Waals surface area contributed by atoms with Gasteiger partial charge >= 0.3 is 0 Å². The van der Waals surface area contributed by atoms with Crippen molar-refractivity contribution in [1.29, 1.82) is 0 Å². The summed E-state index contributed by atoms with van der Waals surface area (Å²) < 4.78 is 4.90. The van der Waals surface area contributed by atoms with Gasteiger partial charge in [-0.2, -0.15) is 0 Å². The van der Waals surface area contributed by atoms with E-state index in [1.165, 1.54) is 12.8 Å². The van der Waals surface area contributed by atoms with Crippen molar-refractivity contribution < 1.29 is 9.84 Å². The van der Waals surface area contributed by atoms with Crippen LogP contribution < -0.4 is 5.32 Å². The maximum atomic E-state index is 9.65. The number of rotatable bonds is 8. The topological polar surface area (TPSA) is 44.7 Å². The second kappa shape index (κ2) is 6.35. The van der Waals surface area contributed by atoms with E-state index < -0.39 is 0 Å². The molecular weight excluding hydrogens is 180 g/mol. The average Bonchev–Trinajstić information content (AvgIpc) is 2.95. The highest BCUT2D eigenvalue weighted by Crippen LogP contribution is 2.25. The molecule has 0 bridgehead atoms. The Labute approximate surface area is 86.2 Å². The molecule has 14 heavy (non-hydrogen) atoms. The second-order valence-corrected chi connectivity index (χ2v) is 4.02. The molecule has 0 radical (unpaired) electrons. The van der Waals surface area contributed by atoms with Crippen LogP contribution in [0.1, 0.15) is 12.8 Å². The number of nitrogens with zero attached hydrogens (tertiary/aromatic N) is 1. The Morgan fingerprint density at radius 1 is 1.57 bits per heavy atom. The number of ether oxygens (including phenoxy) is 1. The molecule has 4 nitrogen and oxygen atoms in total. The number of hydrogen-bond acceptors (Lipinski definition) is 4. The summed E-state index contributed by atoms with van der Waals surface area (Å²) in [5.41, 5.74) is 0. The van der Waals surface area contributed by atoms with Crippen LogP contribution in [0.25, 0.3) is 0 Å². The van der Waals surface area contributed by atoms with E-state index in [0.29, 0.717) is 13.2 Å². The van der Waals surface area contributed by atoms with Gasteiger partial charge in [-0.1, -0.05) is 0 Å². The molecule has 0 saturated heterocycles. The molecule has 0 spiro atoms. The first-order valence-corrected chi connectivity index (χ1v) is 5.32. The summed E-state index contributed by atoms with van der Waals surface area (Å²) in [4.78, 5) is 2.24. The molecule has 84 valence electrons. The van der Waals surface area contributed by atoms with E-state index in [-0.39, 0.29) is 6.10 Å². The van der Waals surface area contributed by atoms with Crippen LogP contribution in [0.2, 0.25) is 0 Å². The number of hydrogen-bond donors (Lipinski definition) is 2. The van der Waals surface area contributed by atoms with Crippen LogP contribution >= 0.6 is 0 Å². The lowest BCUT2D eigenvalue weighted by Gasteiger charge is -2.20. The van der Waals surface area contributed by atoms with Crippen molar-refractivity contribution in [2.45, 2.75) is 25.0 Å². The van der Waals surface area contributed by atoms with Gasteiger partial charge in [0.1, 0.15) is 0 Å². The minimum atomic E-state index is -0.266. The zero-order valence-electron chi connectivity index (χ0n) is 9.20. The Balaban J connectivity index is 1.94. The summed E-state index contributed by atoms with van der Waals surface area (Å²) in [7, 11) is 3.76. The van der Waals surface area contributed by atoms with E-state index in [4.69, 9.17) is 4.74 Å². The molecule has 0 aromatic heterocycles. The van der Waals surface area contributed by atoms with E-state index in [0.717, 1.165) is 19.1 Å². The highest BCUT2D eigenvalue weighted by molar-refractivity contribution is 4.83. The van der Waals surface area contributed by atoms with E-state index in [1.807, 2.05) is 0 Å². The predicted molar refractivity (Wildman–Crippen MR) is 56.4 cm³/mol. The molecule has 2 N–H and O–H groups in total. The molecule has 1 rings (SSSR count). The molecule has 1 aliphatic carbocycles. The van der Waals surface area contributed by atoms with Crippen molar-refractivity contribution in [1.82, 2.24) is 10.2 Å². The smallest absolute Gasteiger partial charge is 0.0791 e. The number of methoxy groups -OCH3 is 1. The summed E-state index contributed by atoms with van der Waals surface area (Å²) in [6, 6.07) is 0.726. The van der Waals surface area contributed by atoms with E-state index in [1.54, 1.807) is 7.11 Å². The first-order chi connectivity index (χ1) is 6.74. The first kappa shape index (κ1) is 11.9. The number of aliphatic hydroxyl groups is 1. The van der Waals surface area contributed by atoms with Crippen LogP contribution in [0.15, 0.2) is 0 Å². The SMILES string of the molecule is COCCNCC(O)CN(C)C1CC1. The molecule has 0 aliphatic heterocycles. The molecule has 4 heteroatoms. The van der Waals surface area contributed by atoms with Gasteiger partial charge in [-0.05, 0) is 19.9 Å². The van der Waals surface area contributed by atoms with Crippen LogP contribution in [0.3, 0.4) is 0 Å². The highest BCUT2D eigenvalue weighted by Gasteiger charge is 2.26. The third-order valence-electron chi connectivity index (χ3n) is 2.53. The normalized spacial score (nSPS) is 18.9. The number of nitrogens with one attached hydrogen (secondary N) is 1. The van der Waals surface area contributed by atoms with E-state index >= 15 is 0 Å². The molecule has 1 unspecified atom stereocenters. The van der Waals surface area contributed by atoms with E-state index in [2.05, 4.69) is 17.3 Å². The second-order valence-electron chi connectivity index (χ2n) is 4.02. The lowest BCUT2D eigenvalue weighted by atomic mass is 10.3. The van der Waals surface area contributed by atoms with Gasteiger partial charge in [0, 0.05) is 32.8 Å². The molecule has 0 aromatic rings. The minimum absolute atomic E-state index is 0.266. The Morgan fingerprint density at radius 2 is 2.29 bits per heavy atom. The molecule has 0 amide bonds. The number of likely N-dealkylation sites (N-methyl/N-ethyl adjacent to an activating group) is 1. The van der Waals surface area contributed by atoms with Crippen LogP contribution in [0.5, 0.6) is 0 Å². The molecule has 1 aliphatic rings. The predicted octanol–water partition coefficient (Wildman–Crippen LogP) is -0.322. The van der Waals surface area contributed by atoms with Crippen LogP contribution in [-0.4, -0.2) is 62.6 Å². The fourth-order valence-corrected chi connectivity index (χ4v) is 1.50. The monoisotopic (exact) mass is 202 g/mol. The average molecular weight is 202 g/mol.